The van der Waals surface area contributed by atoms with Gasteiger partial charge in [0.25, 0.3) is 0 Å². The first-order valence-corrected chi connectivity index (χ1v) is 6.06. The maximum absolute atomic E-state index is 11.0. The van der Waals surface area contributed by atoms with E-state index in [0.717, 1.165) is 7.11 Å². The van der Waals surface area contributed by atoms with E-state index in [1.807, 2.05) is 6.92 Å². The predicted molar refractivity (Wildman–Crippen MR) is 54.3 cm³/mol. The quantitative estimate of drug-likeness (QED) is 0.509. The van der Waals surface area contributed by atoms with Crippen LogP contribution in [0.3, 0.4) is 0 Å². The standard InChI is InChI=1S/C7H15BNO5P/c1-4-5(14-7(8)6(4)9)3-13-15(10,11)12-2/h4-7H,3,9H2,1-2H3,(H,10,11). The van der Waals surface area contributed by atoms with Crippen molar-refractivity contribution in [2.45, 2.75) is 25.1 Å². The van der Waals surface area contributed by atoms with Gasteiger partial charge in [-0.15, -0.1) is 0 Å². The summed E-state index contributed by atoms with van der Waals surface area (Å²) >= 11 is 0. The van der Waals surface area contributed by atoms with Crippen molar-refractivity contribution in [3.05, 3.63) is 0 Å². The molecule has 1 heterocycles. The van der Waals surface area contributed by atoms with Crippen LogP contribution in [0.2, 0.25) is 0 Å². The first-order valence-electron chi connectivity index (χ1n) is 4.57. The van der Waals surface area contributed by atoms with Gasteiger partial charge in [0, 0.05) is 25.1 Å². The molecule has 0 aromatic carbocycles. The minimum absolute atomic E-state index is 0.0307. The summed E-state index contributed by atoms with van der Waals surface area (Å²) in [5.41, 5.74) is 5.72. The fourth-order valence-electron chi connectivity index (χ4n) is 1.37. The number of phosphoric acid groups is 1. The fourth-order valence-corrected chi connectivity index (χ4v) is 1.82. The van der Waals surface area contributed by atoms with E-state index in [1.54, 1.807) is 0 Å². The molecule has 0 aromatic rings. The van der Waals surface area contributed by atoms with Crippen LogP contribution in [0.5, 0.6) is 0 Å². The van der Waals surface area contributed by atoms with Gasteiger partial charge in [-0.25, -0.2) is 4.57 Å². The first-order chi connectivity index (χ1) is 6.87. The molecular weight excluding hydrogens is 220 g/mol. The summed E-state index contributed by atoms with van der Waals surface area (Å²) in [6.45, 7) is 1.78. The van der Waals surface area contributed by atoms with Gasteiger partial charge in [0.2, 0.25) is 0 Å². The Labute approximate surface area is 90.1 Å². The second kappa shape index (κ2) is 4.95. The third-order valence-electron chi connectivity index (χ3n) is 2.54. The zero-order valence-electron chi connectivity index (χ0n) is 8.70. The summed E-state index contributed by atoms with van der Waals surface area (Å²) in [5.74, 6) is -0.0307. The summed E-state index contributed by atoms with van der Waals surface area (Å²) in [6, 6.07) is -0.853. The minimum Gasteiger partial charge on any atom is -0.380 e. The monoisotopic (exact) mass is 235 g/mol. The highest BCUT2D eigenvalue weighted by atomic mass is 31.2. The molecule has 1 aliphatic heterocycles. The van der Waals surface area contributed by atoms with Gasteiger partial charge in [-0.05, 0) is 0 Å². The zero-order chi connectivity index (χ0) is 11.6. The van der Waals surface area contributed by atoms with Crippen molar-refractivity contribution in [1.29, 1.82) is 0 Å². The van der Waals surface area contributed by atoms with Gasteiger partial charge < -0.3 is 15.4 Å². The molecule has 3 N–H and O–H groups in total. The van der Waals surface area contributed by atoms with Gasteiger partial charge in [-0.3, -0.25) is 9.05 Å². The Morgan fingerprint density at radius 1 is 1.67 bits per heavy atom. The van der Waals surface area contributed by atoms with E-state index in [4.69, 9.17) is 23.2 Å². The second-order valence-electron chi connectivity index (χ2n) is 3.52. The third-order valence-corrected chi connectivity index (χ3v) is 3.47. The Hall–Kier alpha value is 0.0949. The number of phosphoric ester groups is 1. The van der Waals surface area contributed by atoms with Gasteiger partial charge in [0.05, 0.1) is 12.7 Å². The molecule has 1 saturated heterocycles. The average Bonchev–Trinajstić information content (AvgIpc) is 2.43. The maximum atomic E-state index is 11.0. The molecular formula is C7H15BNO5P. The van der Waals surface area contributed by atoms with Crippen LogP contribution in [-0.2, 0) is 18.3 Å². The van der Waals surface area contributed by atoms with Crippen LogP contribution < -0.4 is 5.73 Å². The lowest BCUT2D eigenvalue weighted by Crippen LogP contribution is -2.35. The van der Waals surface area contributed by atoms with Crippen LogP contribution >= 0.6 is 7.82 Å². The molecule has 0 amide bonds. The summed E-state index contributed by atoms with van der Waals surface area (Å²) in [4.78, 5) is 8.99. The van der Waals surface area contributed by atoms with E-state index in [1.165, 1.54) is 0 Å². The smallest absolute Gasteiger partial charge is 0.380 e. The third kappa shape index (κ3) is 3.27. The van der Waals surface area contributed by atoms with Gasteiger partial charge in [0.15, 0.2) is 0 Å². The van der Waals surface area contributed by atoms with E-state index in [-0.39, 0.29) is 24.7 Å². The molecule has 1 fully saturated rings. The van der Waals surface area contributed by atoms with Crippen molar-refractivity contribution in [1.82, 2.24) is 0 Å². The number of hydrogen-bond acceptors (Lipinski definition) is 5. The molecule has 0 bridgehead atoms. The minimum atomic E-state index is -3.95. The van der Waals surface area contributed by atoms with Gasteiger partial charge in [-0.1, -0.05) is 6.92 Å². The molecule has 15 heavy (non-hydrogen) atoms. The highest BCUT2D eigenvalue weighted by molar-refractivity contribution is 7.47. The van der Waals surface area contributed by atoms with Gasteiger partial charge in [-0.2, -0.15) is 0 Å². The lowest BCUT2D eigenvalue weighted by molar-refractivity contribution is 0.0250. The summed E-state index contributed by atoms with van der Waals surface area (Å²) in [6.07, 6.45) is -0.384. The van der Waals surface area contributed by atoms with Crippen molar-refractivity contribution >= 4 is 15.7 Å². The van der Waals surface area contributed by atoms with Crippen LogP contribution in [0.4, 0.5) is 0 Å². The molecule has 6 nitrogen and oxygen atoms in total. The molecule has 5 unspecified atom stereocenters. The largest absolute Gasteiger partial charge is 0.472 e. The molecule has 86 valence electrons. The maximum Gasteiger partial charge on any atom is 0.472 e. The number of ether oxygens (including phenoxy) is 1. The number of rotatable bonds is 4. The topological polar surface area (TPSA) is 91.0 Å². The van der Waals surface area contributed by atoms with E-state index >= 15 is 0 Å². The van der Waals surface area contributed by atoms with Crippen molar-refractivity contribution in [2.24, 2.45) is 11.7 Å². The molecule has 1 aliphatic rings. The lowest BCUT2D eigenvalue weighted by atomic mass is 9.87. The van der Waals surface area contributed by atoms with Gasteiger partial charge >= 0.3 is 7.82 Å². The summed E-state index contributed by atoms with van der Waals surface area (Å²) in [7, 11) is 2.71. The van der Waals surface area contributed by atoms with Crippen LogP contribution in [-0.4, -0.2) is 44.6 Å². The molecule has 2 radical (unpaired) electrons. The Morgan fingerprint density at radius 2 is 2.27 bits per heavy atom. The van der Waals surface area contributed by atoms with E-state index in [0.29, 0.717) is 0 Å². The molecule has 0 aliphatic carbocycles. The van der Waals surface area contributed by atoms with E-state index in [2.05, 4.69) is 9.05 Å². The van der Waals surface area contributed by atoms with Crippen molar-refractivity contribution in [2.75, 3.05) is 13.7 Å². The predicted octanol–water partition coefficient (Wildman–Crippen LogP) is -0.393. The van der Waals surface area contributed by atoms with E-state index < -0.39 is 13.8 Å². The average molecular weight is 235 g/mol. The fraction of sp³-hybridized carbons (Fsp3) is 1.00. The van der Waals surface area contributed by atoms with E-state index in [9.17, 15) is 4.57 Å². The van der Waals surface area contributed by atoms with Crippen molar-refractivity contribution < 1.29 is 23.2 Å². The number of hydrogen-bond donors (Lipinski definition) is 2. The Morgan fingerprint density at radius 3 is 2.67 bits per heavy atom. The molecule has 0 aromatic heterocycles. The van der Waals surface area contributed by atoms with Crippen molar-refractivity contribution in [3.8, 4) is 0 Å². The van der Waals surface area contributed by atoms with Crippen LogP contribution in [0.1, 0.15) is 6.92 Å². The molecule has 0 saturated carbocycles. The summed E-state index contributed by atoms with van der Waals surface area (Å²) < 4.78 is 25.2. The Bertz CT molecular complexity index is 266. The van der Waals surface area contributed by atoms with Crippen LogP contribution in [0, 0.1) is 5.92 Å². The second-order valence-corrected chi connectivity index (χ2v) is 5.08. The molecule has 0 spiro atoms. The summed E-state index contributed by atoms with van der Waals surface area (Å²) in [5, 5.41) is 0. The van der Waals surface area contributed by atoms with Gasteiger partial charge in [0.1, 0.15) is 7.85 Å². The lowest BCUT2D eigenvalue weighted by Gasteiger charge is -2.17. The molecule has 1 rings (SSSR count). The highest BCUT2D eigenvalue weighted by Gasteiger charge is 2.37. The van der Waals surface area contributed by atoms with Crippen molar-refractivity contribution in [3.63, 3.8) is 0 Å². The highest BCUT2D eigenvalue weighted by Crippen LogP contribution is 2.42. The Balaban J connectivity index is 2.44. The molecule has 5 atom stereocenters. The number of nitrogens with two attached hydrogens (primary N) is 1. The normalized spacial score (nSPS) is 40.3. The van der Waals surface area contributed by atoms with Crippen LogP contribution in [0.15, 0.2) is 0 Å². The Kier molecular flexibility index (Phi) is 4.34. The van der Waals surface area contributed by atoms with Crippen LogP contribution in [0.25, 0.3) is 0 Å². The first kappa shape index (κ1) is 13.2. The molecule has 8 heteroatoms. The SMILES string of the molecule is [B]C1OC(COP(=O)(O)OC)C(C)C1N. The zero-order valence-corrected chi connectivity index (χ0v) is 9.59.